The third-order valence-electron chi connectivity index (χ3n) is 3.96. The maximum atomic E-state index is 10.5. The number of nitrogens with zero attached hydrogens (tertiary/aromatic N) is 4. The van der Waals surface area contributed by atoms with E-state index in [1.165, 1.54) is 11.3 Å². The van der Waals surface area contributed by atoms with Crippen LogP contribution in [0, 0.1) is 0 Å². The average Bonchev–Trinajstić information content (AvgIpc) is 3.05. The maximum absolute atomic E-state index is 10.5. The third kappa shape index (κ3) is 3.67. The Kier molecular flexibility index (Phi) is 4.86. The quantitative estimate of drug-likeness (QED) is 0.782. The average molecular weight is 332 g/mol. The van der Waals surface area contributed by atoms with Crippen molar-refractivity contribution in [2.24, 2.45) is 0 Å². The summed E-state index contributed by atoms with van der Waals surface area (Å²) in [5.41, 5.74) is 0.932. The molecule has 1 aliphatic rings. The zero-order valence-electron chi connectivity index (χ0n) is 12.3. The second-order valence-corrected chi connectivity index (χ2v) is 6.38. The molecule has 1 fully saturated rings. The second kappa shape index (κ2) is 7.23. The van der Waals surface area contributed by atoms with E-state index in [0.717, 1.165) is 36.4 Å². The molecule has 1 aliphatic carbocycles. The molecule has 3 rings (SSSR count). The molecule has 0 saturated heterocycles. The van der Waals surface area contributed by atoms with Gasteiger partial charge in [-0.25, -0.2) is 0 Å². The molecule has 2 amide bonds. The van der Waals surface area contributed by atoms with Gasteiger partial charge in [-0.15, -0.1) is 15.3 Å². The Hall–Kier alpha value is -2.42. The molecular formula is C14H16N6O2S. The molecule has 2 atom stereocenters. The van der Waals surface area contributed by atoms with Gasteiger partial charge in [0.1, 0.15) is 5.01 Å². The second-order valence-electron chi connectivity index (χ2n) is 5.37. The monoisotopic (exact) mass is 332 g/mol. The molecule has 2 aromatic heterocycles. The number of hydrogen-bond donors (Lipinski definition) is 2. The molecule has 23 heavy (non-hydrogen) atoms. The Morgan fingerprint density at radius 1 is 1.00 bits per heavy atom. The maximum Gasteiger partial charge on any atom is 0.213 e. The van der Waals surface area contributed by atoms with Crippen molar-refractivity contribution >= 4 is 35.1 Å². The number of carbonyl (C=O) groups excluding carboxylic acids is 2. The fourth-order valence-corrected chi connectivity index (χ4v) is 3.74. The lowest BCUT2D eigenvalue weighted by Gasteiger charge is -2.26. The van der Waals surface area contributed by atoms with Gasteiger partial charge in [-0.1, -0.05) is 17.8 Å². The molecule has 0 bridgehead atoms. The van der Waals surface area contributed by atoms with Crippen molar-refractivity contribution in [1.29, 1.82) is 0 Å². The Balaban J connectivity index is 1.69. The van der Waals surface area contributed by atoms with Crippen LogP contribution in [-0.4, -0.2) is 33.2 Å². The normalized spacial score (nSPS) is 20.7. The summed E-state index contributed by atoms with van der Waals surface area (Å²) in [6.45, 7) is 0. The van der Waals surface area contributed by atoms with Crippen LogP contribution in [0.4, 0.5) is 10.9 Å². The molecular weight excluding hydrogens is 316 g/mol. The van der Waals surface area contributed by atoms with E-state index in [1.807, 2.05) is 6.07 Å². The van der Waals surface area contributed by atoms with Gasteiger partial charge in [0.25, 0.3) is 0 Å². The van der Waals surface area contributed by atoms with E-state index in [1.54, 1.807) is 6.07 Å². The van der Waals surface area contributed by atoms with Crippen molar-refractivity contribution < 1.29 is 9.59 Å². The fraction of sp³-hybridized carbons (Fsp3) is 0.429. The van der Waals surface area contributed by atoms with Crippen LogP contribution in [0.25, 0.3) is 0 Å². The highest BCUT2D eigenvalue weighted by atomic mass is 32.1. The third-order valence-corrected chi connectivity index (χ3v) is 4.97. The first-order chi connectivity index (χ1) is 11.3. The van der Waals surface area contributed by atoms with Crippen molar-refractivity contribution in [2.75, 3.05) is 10.6 Å². The van der Waals surface area contributed by atoms with Gasteiger partial charge in [-0.2, -0.15) is 5.10 Å². The minimum absolute atomic E-state index is 0.318. The highest BCUT2D eigenvalue weighted by molar-refractivity contribution is 7.15. The summed E-state index contributed by atoms with van der Waals surface area (Å²) in [6.07, 6.45) is 5.33. The number of nitrogens with one attached hydrogen (secondary N) is 2. The number of amides is 2. The van der Waals surface area contributed by atoms with Gasteiger partial charge in [0.05, 0.1) is 5.69 Å². The first kappa shape index (κ1) is 15.5. The summed E-state index contributed by atoms with van der Waals surface area (Å²) >= 11 is 1.42. The lowest BCUT2D eigenvalue weighted by Crippen LogP contribution is -2.14. The molecule has 0 aromatic carbocycles. The van der Waals surface area contributed by atoms with E-state index in [4.69, 9.17) is 0 Å². The topological polar surface area (TPSA) is 110 Å². The van der Waals surface area contributed by atoms with Crippen LogP contribution >= 0.6 is 11.3 Å². The molecule has 0 radical (unpaired) electrons. The lowest BCUT2D eigenvalue weighted by molar-refractivity contribution is -0.106. The minimum Gasteiger partial charge on any atom is -0.312 e. The highest BCUT2D eigenvalue weighted by Crippen LogP contribution is 2.41. The van der Waals surface area contributed by atoms with Crippen molar-refractivity contribution in [2.45, 2.75) is 37.5 Å². The molecule has 2 aromatic rings. The molecule has 9 heteroatoms. The Morgan fingerprint density at radius 2 is 1.83 bits per heavy atom. The molecule has 0 spiro atoms. The molecule has 1 unspecified atom stereocenters. The highest BCUT2D eigenvalue weighted by Gasteiger charge is 2.28. The van der Waals surface area contributed by atoms with Gasteiger partial charge in [-0.05, 0) is 31.4 Å². The minimum atomic E-state index is 0.318. The Morgan fingerprint density at radius 3 is 2.57 bits per heavy atom. The zero-order chi connectivity index (χ0) is 16.1. The van der Waals surface area contributed by atoms with Gasteiger partial charge < -0.3 is 10.6 Å². The largest absolute Gasteiger partial charge is 0.312 e. The van der Waals surface area contributed by atoms with E-state index in [2.05, 4.69) is 31.0 Å². The van der Waals surface area contributed by atoms with E-state index in [-0.39, 0.29) is 0 Å². The Labute approximate surface area is 136 Å². The smallest absolute Gasteiger partial charge is 0.213 e. The summed E-state index contributed by atoms with van der Waals surface area (Å²) in [6, 6.07) is 3.67. The van der Waals surface area contributed by atoms with E-state index in [0.29, 0.717) is 35.6 Å². The number of aromatic nitrogens is 4. The summed E-state index contributed by atoms with van der Waals surface area (Å²) in [4.78, 5) is 20.8. The summed E-state index contributed by atoms with van der Waals surface area (Å²) in [5.74, 6) is 1.09. The van der Waals surface area contributed by atoms with Crippen LogP contribution in [0.5, 0.6) is 0 Å². The SMILES string of the molecule is O=CNc1ccc(C2CCC[C@H](c3nnc(NC=O)s3)C2)nn1. The molecule has 0 aliphatic heterocycles. The first-order valence-corrected chi connectivity index (χ1v) is 8.19. The van der Waals surface area contributed by atoms with Crippen LogP contribution in [0.1, 0.15) is 48.2 Å². The van der Waals surface area contributed by atoms with Crippen molar-refractivity contribution in [3.63, 3.8) is 0 Å². The van der Waals surface area contributed by atoms with E-state index >= 15 is 0 Å². The molecule has 2 heterocycles. The van der Waals surface area contributed by atoms with E-state index in [9.17, 15) is 9.59 Å². The van der Waals surface area contributed by atoms with Gasteiger partial charge >= 0.3 is 0 Å². The van der Waals surface area contributed by atoms with Crippen molar-refractivity contribution in [1.82, 2.24) is 20.4 Å². The molecule has 2 N–H and O–H groups in total. The molecule has 1 saturated carbocycles. The Bertz CT molecular complexity index is 674. The molecule has 120 valence electrons. The molecule has 8 nitrogen and oxygen atoms in total. The van der Waals surface area contributed by atoms with Crippen molar-refractivity contribution in [3.05, 3.63) is 22.8 Å². The van der Waals surface area contributed by atoms with Crippen molar-refractivity contribution in [3.8, 4) is 0 Å². The van der Waals surface area contributed by atoms with Gasteiger partial charge in [0.2, 0.25) is 18.0 Å². The number of carbonyl (C=O) groups is 2. The zero-order valence-corrected chi connectivity index (χ0v) is 13.1. The van der Waals surface area contributed by atoms with Crippen LogP contribution < -0.4 is 10.6 Å². The van der Waals surface area contributed by atoms with Gasteiger partial charge in [-0.3, -0.25) is 9.59 Å². The van der Waals surface area contributed by atoms with Gasteiger partial charge in [0.15, 0.2) is 5.82 Å². The van der Waals surface area contributed by atoms with Gasteiger partial charge in [0, 0.05) is 11.8 Å². The summed E-state index contributed by atoms with van der Waals surface area (Å²) in [7, 11) is 0. The lowest BCUT2D eigenvalue weighted by atomic mass is 9.80. The van der Waals surface area contributed by atoms with Crippen LogP contribution in [-0.2, 0) is 9.59 Å². The number of rotatable bonds is 6. The standard InChI is InChI=1S/C14H16N6O2S/c21-7-15-12-5-4-11(17-18-12)9-2-1-3-10(6-9)13-19-20-14(23-13)16-8-22/h4-5,7-10H,1-3,6H2,(H,15,18,21)(H,16,20,22)/t9?,10-/m0/s1. The fourth-order valence-electron chi connectivity index (χ4n) is 2.89. The predicted octanol–water partition coefficient (Wildman–Crippen LogP) is 1.91. The van der Waals surface area contributed by atoms with E-state index < -0.39 is 0 Å². The number of anilines is 2. The van der Waals surface area contributed by atoms with Crippen LogP contribution in [0.2, 0.25) is 0 Å². The first-order valence-electron chi connectivity index (χ1n) is 7.37. The summed E-state index contributed by atoms with van der Waals surface area (Å²) < 4.78 is 0. The summed E-state index contributed by atoms with van der Waals surface area (Å²) in [5, 5.41) is 22.9. The predicted molar refractivity (Wildman–Crippen MR) is 85.3 cm³/mol. The van der Waals surface area contributed by atoms with Crippen LogP contribution in [0.3, 0.4) is 0 Å². The number of hydrogen-bond acceptors (Lipinski definition) is 7. The van der Waals surface area contributed by atoms with Crippen LogP contribution in [0.15, 0.2) is 12.1 Å².